The van der Waals surface area contributed by atoms with Crippen LogP contribution >= 0.6 is 8.53 Å². The summed E-state index contributed by atoms with van der Waals surface area (Å²) < 4.78 is 51.9. The molecule has 0 aliphatic carbocycles. The Labute approximate surface area is 265 Å². The highest BCUT2D eigenvalue weighted by Gasteiger charge is 2.63. The van der Waals surface area contributed by atoms with Gasteiger partial charge in [-0.2, -0.15) is 4.98 Å². The molecule has 1 aromatic heterocycles. The summed E-state index contributed by atoms with van der Waals surface area (Å²) in [7, 11) is 1.45. The molecule has 15 heteroatoms. The van der Waals surface area contributed by atoms with Crippen LogP contribution in [0.1, 0.15) is 22.9 Å². The zero-order chi connectivity index (χ0) is 33.1. The van der Waals surface area contributed by atoms with Crippen LogP contribution in [0.5, 0.6) is 11.5 Å². The Hall–Kier alpha value is -3.98. The fourth-order valence-corrected chi connectivity index (χ4v) is 6.00. The van der Waals surface area contributed by atoms with E-state index in [-0.39, 0.29) is 5.82 Å². The van der Waals surface area contributed by atoms with Gasteiger partial charge in [-0.3, -0.25) is 10.1 Å². The van der Waals surface area contributed by atoms with E-state index in [0.29, 0.717) is 28.2 Å². The molecule has 3 aromatic carbocycles. The van der Waals surface area contributed by atoms with Gasteiger partial charge in [0, 0.05) is 13.3 Å². The first-order valence-electron chi connectivity index (χ1n) is 13.9. The van der Waals surface area contributed by atoms with E-state index in [1.54, 1.807) is 78.9 Å². The number of methoxy groups -OCH3 is 3. The Morgan fingerprint density at radius 2 is 1.50 bits per heavy atom. The summed E-state index contributed by atoms with van der Waals surface area (Å²) >= 11 is 0. The molecular weight excluding hydrogens is 622 g/mol. The lowest BCUT2D eigenvalue weighted by Gasteiger charge is -2.39. The number of nitrogens with zero attached hydrogens (tertiary/aromatic N) is 2. The second kappa shape index (κ2) is 13.8. The van der Waals surface area contributed by atoms with E-state index in [2.05, 4.69) is 4.98 Å². The second-order valence-electron chi connectivity index (χ2n) is 10.3. The van der Waals surface area contributed by atoms with E-state index in [9.17, 15) is 14.8 Å². The molecule has 6 atom stereocenters. The van der Waals surface area contributed by atoms with Crippen molar-refractivity contribution in [2.24, 2.45) is 5.50 Å². The van der Waals surface area contributed by atoms with Crippen molar-refractivity contribution in [2.45, 2.75) is 36.2 Å². The molecule has 13 nitrogen and oxygen atoms in total. The van der Waals surface area contributed by atoms with Gasteiger partial charge >= 0.3 is 5.69 Å². The number of rotatable bonds is 12. The maximum Gasteiger partial charge on any atom is 0.351 e. The molecule has 5 rings (SSSR count). The zero-order valence-electron chi connectivity index (χ0n) is 25.1. The van der Waals surface area contributed by atoms with E-state index < -0.39 is 50.4 Å². The molecule has 0 bridgehead atoms. The van der Waals surface area contributed by atoms with Crippen LogP contribution in [-0.4, -0.2) is 65.2 Å². The third kappa shape index (κ3) is 6.21. The number of halogens is 1. The van der Waals surface area contributed by atoms with Crippen LogP contribution in [-0.2, 0) is 24.3 Å². The molecule has 2 heterocycles. The molecule has 1 fully saturated rings. The highest BCUT2D eigenvalue weighted by molar-refractivity contribution is 7.43. The lowest BCUT2D eigenvalue weighted by Crippen LogP contribution is -2.52. The predicted molar refractivity (Wildman–Crippen MR) is 165 cm³/mol. The van der Waals surface area contributed by atoms with Gasteiger partial charge in [-0.25, -0.2) is 9.18 Å². The number of nitrogen functional groups attached to an aromatic ring is 1. The highest BCUT2D eigenvalue weighted by Crippen LogP contribution is 2.49. The monoisotopic (exact) mass is 656 g/mol. The molecule has 46 heavy (non-hydrogen) atoms. The van der Waals surface area contributed by atoms with Gasteiger partial charge < -0.3 is 43.9 Å². The van der Waals surface area contributed by atoms with Gasteiger partial charge in [0.1, 0.15) is 29.0 Å². The Kier molecular flexibility index (Phi) is 10.0. The van der Waals surface area contributed by atoms with Crippen LogP contribution < -0.4 is 26.4 Å². The summed E-state index contributed by atoms with van der Waals surface area (Å²) in [6, 6.07) is 23.9. The summed E-state index contributed by atoms with van der Waals surface area (Å²) in [6.07, 6.45) is -6.57. The van der Waals surface area contributed by atoms with Crippen LogP contribution in [0.3, 0.4) is 0 Å². The Morgan fingerprint density at radius 1 is 0.957 bits per heavy atom. The van der Waals surface area contributed by atoms with Gasteiger partial charge in [-0.05, 0) is 47.0 Å². The normalized spacial score (nSPS) is 22.7. The van der Waals surface area contributed by atoms with E-state index in [4.69, 9.17) is 39.4 Å². The van der Waals surface area contributed by atoms with Crippen molar-refractivity contribution in [1.29, 1.82) is 0 Å². The number of aliphatic hydroxyl groups is 1. The van der Waals surface area contributed by atoms with E-state index in [0.717, 1.165) is 11.7 Å². The van der Waals surface area contributed by atoms with E-state index in [1.807, 2.05) is 0 Å². The van der Waals surface area contributed by atoms with Crippen molar-refractivity contribution < 1.29 is 42.6 Å². The van der Waals surface area contributed by atoms with Crippen LogP contribution in [0.25, 0.3) is 0 Å². The van der Waals surface area contributed by atoms with Crippen LogP contribution in [0.2, 0.25) is 0 Å². The minimum Gasteiger partial charge on any atom is -0.497 e. The molecule has 0 spiro atoms. The van der Waals surface area contributed by atoms with Gasteiger partial charge in [0.25, 0.3) is 8.53 Å². The standard InChI is InChI=1S/C31H34FN4O9P/c1-40-22-13-9-20(10-14-22)30(19-7-5-4-6-8-19,21-11-15-23(41-2)16-12-21)44-27(32)25-26(45-46(34)39)31(38,42-3)28(43-25)36-18-17-24(33)35-29(36)37/h4-18,25-28,38-39H,34H2,1-3H3,(H2,33,35,37)/t25-,26+,27?,28+,31-,46?/m0/s1. The number of nitrogens with two attached hydrogens (primary N) is 2. The number of ether oxygens (including phenoxy) is 5. The van der Waals surface area contributed by atoms with Crippen molar-refractivity contribution in [3.63, 3.8) is 0 Å². The third-order valence-electron chi connectivity index (χ3n) is 7.72. The fraction of sp³-hybridized carbons (Fsp3) is 0.290. The Balaban J connectivity index is 1.67. The molecule has 0 radical (unpaired) electrons. The second-order valence-corrected chi connectivity index (χ2v) is 11.1. The molecule has 0 saturated carbocycles. The van der Waals surface area contributed by atoms with Crippen molar-refractivity contribution in [3.8, 4) is 11.5 Å². The highest BCUT2D eigenvalue weighted by atomic mass is 31.2. The molecule has 2 unspecified atom stereocenters. The maximum absolute atomic E-state index is 17.1. The quantitative estimate of drug-likeness (QED) is 0.0996. The van der Waals surface area contributed by atoms with E-state index >= 15 is 4.39 Å². The van der Waals surface area contributed by atoms with Crippen LogP contribution in [0.15, 0.2) is 95.9 Å². The van der Waals surface area contributed by atoms with Crippen LogP contribution in [0, 0.1) is 0 Å². The first-order valence-corrected chi connectivity index (χ1v) is 15.2. The molecule has 1 aliphatic rings. The van der Waals surface area contributed by atoms with Gasteiger partial charge in [-0.1, -0.05) is 54.6 Å². The third-order valence-corrected chi connectivity index (χ3v) is 8.16. The SMILES string of the molecule is COc1ccc(C(OC(F)[C@H]2O[C@@H](n3ccc(N)nc3=O)[C@@](O)(OC)[C@@H]2OP(N)O)(c2ccccc2)c2ccc(OC)cc2)cc1. The molecule has 0 amide bonds. The molecular formula is C31H34FN4O9P. The molecule has 6 N–H and O–H groups in total. The smallest absolute Gasteiger partial charge is 0.351 e. The van der Waals surface area contributed by atoms with Gasteiger partial charge in [0.15, 0.2) is 12.3 Å². The maximum atomic E-state index is 17.1. The number of alkyl halides is 1. The Morgan fingerprint density at radius 3 is 1.98 bits per heavy atom. The fourth-order valence-electron chi connectivity index (χ4n) is 5.50. The van der Waals surface area contributed by atoms with E-state index in [1.165, 1.54) is 26.5 Å². The summed E-state index contributed by atoms with van der Waals surface area (Å²) in [4.78, 5) is 26.5. The van der Waals surface area contributed by atoms with Crippen LogP contribution in [0.4, 0.5) is 10.2 Å². The first-order chi connectivity index (χ1) is 22.1. The summed E-state index contributed by atoms with van der Waals surface area (Å²) in [5.74, 6) is -1.54. The van der Waals surface area contributed by atoms with Crippen molar-refractivity contribution in [2.75, 3.05) is 27.1 Å². The predicted octanol–water partition coefficient (Wildman–Crippen LogP) is 2.94. The summed E-state index contributed by atoms with van der Waals surface area (Å²) in [5, 5.41) is 11.7. The molecule has 4 aromatic rings. The number of hydrogen-bond donors (Lipinski definition) is 4. The van der Waals surface area contributed by atoms with Gasteiger partial charge in [0.05, 0.1) is 14.2 Å². The zero-order valence-corrected chi connectivity index (χ0v) is 26.0. The number of hydrogen-bond acceptors (Lipinski definition) is 12. The molecule has 1 aliphatic heterocycles. The summed E-state index contributed by atoms with van der Waals surface area (Å²) in [5.41, 5.74) is 10.2. The lowest BCUT2D eigenvalue weighted by molar-refractivity contribution is -0.261. The molecule has 1 saturated heterocycles. The number of aromatic nitrogens is 2. The van der Waals surface area contributed by atoms with Gasteiger partial charge in [-0.15, -0.1) is 0 Å². The Bertz CT molecular complexity index is 1620. The van der Waals surface area contributed by atoms with Crippen molar-refractivity contribution in [1.82, 2.24) is 9.55 Å². The largest absolute Gasteiger partial charge is 0.497 e. The topological polar surface area (TPSA) is 183 Å². The number of benzene rings is 3. The van der Waals surface area contributed by atoms with Gasteiger partial charge in [0.2, 0.25) is 12.1 Å². The average Bonchev–Trinajstić information content (AvgIpc) is 3.35. The first kappa shape index (κ1) is 33.4. The number of anilines is 1. The summed E-state index contributed by atoms with van der Waals surface area (Å²) in [6.45, 7) is 0. The minimum atomic E-state index is -2.70. The minimum absolute atomic E-state index is 0.0938. The lowest BCUT2D eigenvalue weighted by atomic mass is 9.80. The average molecular weight is 657 g/mol. The molecule has 244 valence electrons. The van der Waals surface area contributed by atoms with Crippen molar-refractivity contribution in [3.05, 3.63) is 118 Å². The van der Waals surface area contributed by atoms with Crippen molar-refractivity contribution >= 4 is 14.3 Å².